The molecule has 0 aromatic carbocycles. The molecular formula is C8H14F3NO2. The summed E-state index contributed by atoms with van der Waals surface area (Å²) >= 11 is 0. The molecule has 0 fully saturated rings. The molecule has 1 amide bonds. The number of halogens is 3. The fourth-order valence-corrected chi connectivity index (χ4v) is 0.857. The van der Waals surface area contributed by atoms with Crippen molar-refractivity contribution in [2.45, 2.75) is 33.0 Å². The van der Waals surface area contributed by atoms with Crippen LogP contribution in [0.3, 0.4) is 0 Å². The van der Waals surface area contributed by atoms with Gasteiger partial charge in [-0.1, -0.05) is 0 Å². The molecule has 6 heteroatoms. The predicted octanol–water partition coefficient (Wildman–Crippen LogP) is 2.42. The van der Waals surface area contributed by atoms with Crippen LogP contribution in [-0.2, 0) is 4.74 Å². The Labute approximate surface area is 80.8 Å². The third-order valence-corrected chi connectivity index (χ3v) is 1.48. The lowest BCUT2D eigenvalue weighted by atomic mass is 10.3. The van der Waals surface area contributed by atoms with E-state index in [1.807, 2.05) is 0 Å². The first-order valence-electron chi connectivity index (χ1n) is 4.28. The first-order valence-corrected chi connectivity index (χ1v) is 4.28. The fourth-order valence-electron chi connectivity index (χ4n) is 0.857. The summed E-state index contributed by atoms with van der Waals surface area (Å²) in [6.07, 6.45) is -5.32. The Morgan fingerprint density at radius 1 is 1.43 bits per heavy atom. The number of amides is 1. The van der Waals surface area contributed by atoms with Gasteiger partial charge < -0.3 is 4.74 Å². The Morgan fingerprint density at radius 3 is 2.21 bits per heavy atom. The van der Waals surface area contributed by atoms with Crippen molar-refractivity contribution in [3.8, 4) is 0 Å². The molecule has 0 atom stereocenters. The van der Waals surface area contributed by atoms with Crippen LogP contribution in [0.15, 0.2) is 0 Å². The van der Waals surface area contributed by atoms with Crippen molar-refractivity contribution in [2.75, 3.05) is 13.2 Å². The molecule has 0 spiro atoms. The van der Waals surface area contributed by atoms with Gasteiger partial charge in [-0.25, -0.2) is 4.79 Å². The standard InChI is InChI=1S/C8H14F3NO2/c1-4-14-7(13)12(6(2)3)5-8(9,10)11/h6H,4-5H2,1-3H3. The number of ether oxygens (including phenoxy) is 1. The Balaban J connectivity index is 4.37. The summed E-state index contributed by atoms with van der Waals surface area (Å²) in [5.74, 6) is 0. The van der Waals surface area contributed by atoms with Crippen LogP contribution >= 0.6 is 0 Å². The van der Waals surface area contributed by atoms with E-state index in [-0.39, 0.29) is 6.61 Å². The van der Waals surface area contributed by atoms with Gasteiger partial charge >= 0.3 is 12.3 Å². The van der Waals surface area contributed by atoms with Crippen LogP contribution in [0.1, 0.15) is 20.8 Å². The lowest BCUT2D eigenvalue weighted by Crippen LogP contribution is -2.43. The maximum absolute atomic E-state index is 12.0. The van der Waals surface area contributed by atoms with Crippen LogP contribution in [0.5, 0.6) is 0 Å². The molecule has 0 heterocycles. The van der Waals surface area contributed by atoms with Gasteiger partial charge in [0.15, 0.2) is 0 Å². The summed E-state index contributed by atoms with van der Waals surface area (Å²) in [4.78, 5) is 11.7. The molecule has 0 aromatic rings. The van der Waals surface area contributed by atoms with E-state index < -0.39 is 24.9 Å². The Morgan fingerprint density at radius 2 is 1.93 bits per heavy atom. The van der Waals surface area contributed by atoms with E-state index in [1.54, 1.807) is 6.92 Å². The molecule has 0 saturated carbocycles. The van der Waals surface area contributed by atoms with Gasteiger partial charge in [0.1, 0.15) is 6.54 Å². The van der Waals surface area contributed by atoms with Crippen molar-refractivity contribution in [3.63, 3.8) is 0 Å². The van der Waals surface area contributed by atoms with E-state index in [4.69, 9.17) is 0 Å². The zero-order chi connectivity index (χ0) is 11.4. The number of rotatable bonds is 3. The topological polar surface area (TPSA) is 29.5 Å². The molecule has 0 rings (SSSR count). The number of carbonyl (C=O) groups is 1. The van der Waals surface area contributed by atoms with Gasteiger partial charge in [-0.15, -0.1) is 0 Å². The number of alkyl halides is 3. The van der Waals surface area contributed by atoms with Crippen molar-refractivity contribution >= 4 is 6.09 Å². The molecule has 0 bridgehead atoms. The second kappa shape index (κ2) is 5.07. The van der Waals surface area contributed by atoms with Crippen molar-refractivity contribution in [1.29, 1.82) is 0 Å². The summed E-state index contributed by atoms with van der Waals surface area (Å²) in [6, 6.07) is -0.532. The van der Waals surface area contributed by atoms with E-state index in [0.29, 0.717) is 4.90 Å². The van der Waals surface area contributed by atoms with E-state index >= 15 is 0 Å². The monoisotopic (exact) mass is 213 g/mol. The van der Waals surface area contributed by atoms with E-state index in [9.17, 15) is 18.0 Å². The summed E-state index contributed by atoms with van der Waals surface area (Å²) < 4.78 is 40.5. The largest absolute Gasteiger partial charge is 0.450 e. The Hall–Kier alpha value is -0.940. The second-order valence-electron chi connectivity index (χ2n) is 3.04. The van der Waals surface area contributed by atoms with Crippen LogP contribution < -0.4 is 0 Å². The molecule has 14 heavy (non-hydrogen) atoms. The van der Waals surface area contributed by atoms with Gasteiger partial charge in [0.2, 0.25) is 0 Å². The van der Waals surface area contributed by atoms with E-state index in [0.717, 1.165) is 0 Å². The van der Waals surface area contributed by atoms with Crippen LogP contribution in [0.25, 0.3) is 0 Å². The third kappa shape index (κ3) is 4.94. The second-order valence-corrected chi connectivity index (χ2v) is 3.04. The molecule has 0 aliphatic heterocycles. The Kier molecular flexibility index (Phi) is 4.73. The highest BCUT2D eigenvalue weighted by Gasteiger charge is 2.34. The predicted molar refractivity (Wildman–Crippen MR) is 44.9 cm³/mol. The number of hydrogen-bond donors (Lipinski definition) is 0. The zero-order valence-electron chi connectivity index (χ0n) is 8.39. The maximum Gasteiger partial charge on any atom is 0.410 e. The average molecular weight is 213 g/mol. The SMILES string of the molecule is CCOC(=O)N(CC(F)(F)F)C(C)C. The first kappa shape index (κ1) is 13.1. The molecule has 0 aromatic heterocycles. The minimum absolute atomic E-state index is 0.0694. The minimum Gasteiger partial charge on any atom is -0.450 e. The molecule has 84 valence electrons. The van der Waals surface area contributed by atoms with Gasteiger partial charge in [0, 0.05) is 6.04 Å². The smallest absolute Gasteiger partial charge is 0.410 e. The summed E-state index contributed by atoms with van der Waals surface area (Å²) in [6.45, 7) is 3.35. The van der Waals surface area contributed by atoms with Gasteiger partial charge in [-0.05, 0) is 20.8 Å². The molecule has 0 unspecified atom stereocenters. The number of nitrogens with zero attached hydrogens (tertiary/aromatic N) is 1. The summed E-state index contributed by atoms with van der Waals surface area (Å²) in [7, 11) is 0. The molecule has 0 N–H and O–H groups in total. The Bertz CT molecular complexity index is 192. The third-order valence-electron chi connectivity index (χ3n) is 1.48. The normalized spacial score (nSPS) is 11.6. The molecule has 0 aliphatic rings. The fraction of sp³-hybridized carbons (Fsp3) is 0.875. The molecule has 3 nitrogen and oxygen atoms in total. The van der Waals surface area contributed by atoms with Gasteiger partial charge in [-0.2, -0.15) is 13.2 Å². The van der Waals surface area contributed by atoms with Gasteiger partial charge in [0.25, 0.3) is 0 Å². The van der Waals surface area contributed by atoms with Crippen LogP contribution in [0.4, 0.5) is 18.0 Å². The quantitative estimate of drug-likeness (QED) is 0.720. The van der Waals surface area contributed by atoms with Gasteiger partial charge in [0.05, 0.1) is 6.61 Å². The van der Waals surface area contributed by atoms with Crippen LogP contribution in [0.2, 0.25) is 0 Å². The van der Waals surface area contributed by atoms with Crippen molar-refractivity contribution in [3.05, 3.63) is 0 Å². The highest BCUT2D eigenvalue weighted by molar-refractivity contribution is 5.67. The molecule has 0 aliphatic carbocycles. The van der Waals surface area contributed by atoms with E-state index in [2.05, 4.69) is 4.74 Å². The molecular weight excluding hydrogens is 199 g/mol. The molecule has 0 radical (unpaired) electrons. The van der Waals surface area contributed by atoms with Crippen molar-refractivity contribution < 1.29 is 22.7 Å². The van der Waals surface area contributed by atoms with E-state index in [1.165, 1.54) is 13.8 Å². The van der Waals surface area contributed by atoms with Crippen molar-refractivity contribution in [2.24, 2.45) is 0 Å². The summed E-state index contributed by atoms with van der Waals surface area (Å²) in [5.41, 5.74) is 0. The highest BCUT2D eigenvalue weighted by Crippen LogP contribution is 2.18. The van der Waals surface area contributed by atoms with Crippen molar-refractivity contribution in [1.82, 2.24) is 4.90 Å². The maximum atomic E-state index is 12.0. The van der Waals surface area contributed by atoms with Crippen LogP contribution in [-0.4, -0.2) is 36.4 Å². The average Bonchev–Trinajstić information content (AvgIpc) is 1.98. The lowest BCUT2D eigenvalue weighted by Gasteiger charge is -2.26. The minimum atomic E-state index is -4.39. The highest BCUT2D eigenvalue weighted by atomic mass is 19.4. The number of carbonyl (C=O) groups excluding carboxylic acids is 1. The summed E-state index contributed by atoms with van der Waals surface area (Å²) in [5, 5.41) is 0. The number of hydrogen-bond acceptors (Lipinski definition) is 2. The lowest BCUT2D eigenvalue weighted by molar-refractivity contribution is -0.145. The van der Waals surface area contributed by atoms with Crippen LogP contribution in [0, 0.1) is 0 Å². The zero-order valence-corrected chi connectivity index (χ0v) is 8.39. The molecule has 0 saturated heterocycles. The first-order chi connectivity index (χ1) is 6.28. The van der Waals surface area contributed by atoms with Gasteiger partial charge in [-0.3, -0.25) is 4.90 Å².